The van der Waals surface area contributed by atoms with Crippen LogP contribution < -0.4 is 15.4 Å². The zero-order valence-corrected chi connectivity index (χ0v) is 11.9. The molecule has 3 nitrogen and oxygen atoms in total. The van der Waals surface area contributed by atoms with E-state index in [0.717, 1.165) is 36.5 Å². The van der Waals surface area contributed by atoms with Crippen molar-refractivity contribution in [3.63, 3.8) is 0 Å². The van der Waals surface area contributed by atoms with Crippen LogP contribution in [0, 0.1) is 0 Å². The summed E-state index contributed by atoms with van der Waals surface area (Å²) < 4.78 is 6.26. The molecular weight excluding hydrogens is 224 g/mol. The van der Waals surface area contributed by atoms with E-state index < -0.39 is 0 Å². The largest absolute Gasteiger partial charge is 0.483 e. The monoisotopic (exact) mass is 248 g/mol. The molecule has 18 heavy (non-hydrogen) atoms. The lowest BCUT2D eigenvalue weighted by Gasteiger charge is -2.46. The summed E-state index contributed by atoms with van der Waals surface area (Å²) in [6.45, 7) is 9.79. The molecule has 0 amide bonds. The van der Waals surface area contributed by atoms with Crippen LogP contribution >= 0.6 is 0 Å². The average Bonchev–Trinajstić information content (AvgIpc) is 2.36. The highest BCUT2D eigenvalue weighted by molar-refractivity contribution is 5.66. The predicted molar refractivity (Wildman–Crippen MR) is 77.3 cm³/mol. The van der Waals surface area contributed by atoms with E-state index in [1.165, 1.54) is 0 Å². The van der Waals surface area contributed by atoms with Crippen LogP contribution in [-0.4, -0.2) is 18.2 Å². The molecule has 0 saturated carbocycles. The van der Waals surface area contributed by atoms with Crippen molar-refractivity contribution in [2.75, 3.05) is 17.2 Å². The van der Waals surface area contributed by atoms with E-state index >= 15 is 0 Å². The summed E-state index contributed by atoms with van der Waals surface area (Å²) >= 11 is 0. The van der Waals surface area contributed by atoms with Gasteiger partial charge in [-0.2, -0.15) is 0 Å². The molecule has 0 aromatic heterocycles. The van der Waals surface area contributed by atoms with Crippen LogP contribution in [0.3, 0.4) is 0 Å². The summed E-state index contributed by atoms with van der Waals surface area (Å²) in [6.07, 6.45) is 2.03. The van der Waals surface area contributed by atoms with Gasteiger partial charge in [0, 0.05) is 17.8 Å². The zero-order chi connectivity index (χ0) is 13.3. The lowest BCUT2D eigenvalue weighted by Crippen LogP contribution is -2.52. The standard InChI is InChI=1S/C15H24N2O/c1-5-15(6-2)10-17(11(3)4)13-8-7-12(16)9-14(13)18-15/h7-9,11H,5-6,10,16H2,1-4H3. The normalized spacial score (nSPS) is 17.5. The van der Waals surface area contributed by atoms with Crippen molar-refractivity contribution >= 4 is 11.4 Å². The van der Waals surface area contributed by atoms with Crippen molar-refractivity contribution in [3.8, 4) is 5.75 Å². The van der Waals surface area contributed by atoms with Crippen molar-refractivity contribution in [2.24, 2.45) is 0 Å². The van der Waals surface area contributed by atoms with Crippen LogP contribution in [0.5, 0.6) is 5.75 Å². The second-order valence-corrected chi connectivity index (χ2v) is 5.44. The van der Waals surface area contributed by atoms with Crippen molar-refractivity contribution in [3.05, 3.63) is 18.2 Å². The Bertz CT molecular complexity index is 425. The molecule has 2 rings (SSSR count). The number of benzene rings is 1. The predicted octanol–water partition coefficient (Wildman–Crippen LogP) is 3.43. The van der Waals surface area contributed by atoms with Gasteiger partial charge in [-0.15, -0.1) is 0 Å². The molecule has 0 bridgehead atoms. The van der Waals surface area contributed by atoms with Crippen molar-refractivity contribution in [2.45, 2.75) is 52.2 Å². The molecular formula is C15H24N2O. The fourth-order valence-electron chi connectivity index (χ4n) is 2.59. The van der Waals surface area contributed by atoms with Gasteiger partial charge in [0.05, 0.1) is 12.2 Å². The first kappa shape index (κ1) is 13.1. The Morgan fingerprint density at radius 3 is 2.56 bits per heavy atom. The smallest absolute Gasteiger partial charge is 0.145 e. The minimum atomic E-state index is -0.0783. The van der Waals surface area contributed by atoms with Gasteiger partial charge >= 0.3 is 0 Å². The van der Waals surface area contributed by atoms with Crippen LogP contribution in [0.15, 0.2) is 18.2 Å². The number of nitrogens with zero attached hydrogens (tertiary/aromatic N) is 1. The van der Waals surface area contributed by atoms with Gasteiger partial charge in [-0.05, 0) is 38.8 Å². The molecule has 1 aromatic rings. The molecule has 3 heteroatoms. The van der Waals surface area contributed by atoms with Crippen molar-refractivity contribution in [1.82, 2.24) is 0 Å². The van der Waals surface area contributed by atoms with Gasteiger partial charge in [0.1, 0.15) is 11.4 Å². The van der Waals surface area contributed by atoms with Gasteiger partial charge in [0.2, 0.25) is 0 Å². The van der Waals surface area contributed by atoms with Gasteiger partial charge in [0.15, 0.2) is 0 Å². The number of fused-ring (bicyclic) bond motifs is 1. The molecule has 0 spiro atoms. The summed E-state index contributed by atoms with van der Waals surface area (Å²) in [4.78, 5) is 2.42. The molecule has 1 aliphatic heterocycles. The average molecular weight is 248 g/mol. The molecule has 0 fully saturated rings. The first-order valence-electron chi connectivity index (χ1n) is 6.86. The first-order chi connectivity index (χ1) is 8.51. The van der Waals surface area contributed by atoms with Crippen molar-refractivity contribution < 1.29 is 4.74 Å². The third kappa shape index (κ3) is 2.14. The van der Waals surface area contributed by atoms with Crippen LogP contribution in [0.25, 0.3) is 0 Å². The van der Waals surface area contributed by atoms with Crippen LogP contribution in [0.1, 0.15) is 40.5 Å². The molecule has 100 valence electrons. The number of nitrogen functional groups attached to an aromatic ring is 1. The van der Waals surface area contributed by atoms with Crippen LogP contribution in [0.2, 0.25) is 0 Å². The van der Waals surface area contributed by atoms with Gasteiger partial charge < -0.3 is 15.4 Å². The van der Waals surface area contributed by atoms with E-state index in [4.69, 9.17) is 10.5 Å². The van der Waals surface area contributed by atoms with Crippen LogP contribution in [0.4, 0.5) is 11.4 Å². The maximum Gasteiger partial charge on any atom is 0.145 e. The fraction of sp³-hybridized carbons (Fsp3) is 0.600. The van der Waals surface area contributed by atoms with E-state index in [1.807, 2.05) is 12.1 Å². The molecule has 1 aromatic carbocycles. The quantitative estimate of drug-likeness (QED) is 0.833. The number of anilines is 2. The minimum absolute atomic E-state index is 0.0783. The Labute approximate surface area is 110 Å². The molecule has 1 aliphatic rings. The summed E-state index contributed by atoms with van der Waals surface area (Å²) in [5.41, 5.74) is 7.73. The van der Waals surface area contributed by atoms with E-state index in [9.17, 15) is 0 Å². The lowest BCUT2D eigenvalue weighted by molar-refractivity contribution is 0.0557. The summed E-state index contributed by atoms with van der Waals surface area (Å²) in [5.74, 6) is 0.929. The molecule has 2 N–H and O–H groups in total. The minimum Gasteiger partial charge on any atom is -0.483 e. The Hall–Kier alpha value is -1.38. The van der Waals surface area contributed by atoms with Crippen molar-refractivity contribution in [1.29, 1.82) is 0 Å². The molecule has 0 aliphatic carbocycles. The lowest BCUT2D eigenvalue weighted by atomic mass is 9.93. The molecule has 0 radical (unpaired) electrons. The molecule has 0 unspecified atom stereocenters. The maximum atomic E-state index is 6.26. The van der Waals surface area contributed by atoms with E-state index in [0.29, 0.717) is 6.04 Å². The summed E-state index contributed by atoms with van der Waals surface area (Å²) in [6, 6.07) is 6.43. The number of nitrogens with two attached hydrogens (primary N) is 1. The Balaban J connectivity index is 2.46. The second kappa shape index (κ2) is 4.71. The highest BCUT2D eigenvalue weighted by Gasteiger charge is 2.37. The van der Waals surface area contributed by atoms with E-state index in [-0.39, 0.29) is 5.60 Å². The molecule has 0 saturated heterocycles. The summed E-state index contributed by atoms with van der Waals surface area (Å²) in [5, 5.41) is 0. The van der Waals surface area contributed by atoms with E-state index in [2.05, 4.69) is 38.7 Å². The number of hydrogen-bond acceptors (Lipinski definition) is 3. The Kier molecular flexibility index (Phi) is 3.42. The first-order valence-corrected chi connectivity index (χ1v) is 6.86. The Morgan fingerprint density at radius 1 is 1.33 bits per heavy atom. The van der Waals surface area contributed by atoms with Crippen LogP contribution in [-0.2, 0) is 0 Å². The van der Waals surface area contributed by atoms with Gasteiger partial charge in [-0.1, -0.05) is 13.8 Å². The fourth-order valence-corrected chi connectivity index (χ4v) is 2.59. The van der Waals surface area contributed by atoms with E-state index in [1.54, 1.807) is 0 Å². The number of ether oxygens (including phenoxy) is 1. The van der Waals surface area contributed by atoms with Gasteiger partial charge in [-0.25, -0.2) is 0 Å². The number of rotatable bonds is 3. The maximum absolute atomic E-state index is 6.26. The zero-order valence-electron chi connectivity index (χ0n) is 11.9. The highest BCUT2D eigenvalue weighted by Crippen LogP contribution is 2.41. The highest BCUT2D eigenvalue weighted by atomic mass is 16.5. The third-order valence-electron chi connectivity index (χ3n) is 3.99. The van der Waals surface area contributed by atoms with Gasteiger partial charge in [-0.3, -0.25) is 0 Å². The Morgan fingerprint density at radius 2 is 2.00 bits per heavy atom. The third-order valence-corrected chi connectivity index (χ3v) is 3.99. The topological polar surface area (TPSA) is 38.5 Å². The second-order valence-electron chi connectivity index (χ2n) is 5.44. The number of hydrogen-bond donors (Lipinski definition) is 1. The summed E-state index contributed by atoms with van der Waals surface area (Å²) in [7, 11) is 0. The molecule has 1 heterocycles. The SMILES string of the molecule is CCC1(CC)CN(C(C)C)c2ccc(N)cc2O1. The van der Waals surface area contributed by atoms with Gasteiger partial charge in [0.25, 0.3) is 0 Å². The molecule has 0 atom stereocenters.